The zero-order valence-electron chi connectivity index (χ0n) is 16.9. The average molecular weight is 389 g/mol. The Balaban J connectivity index is 1.29. The van der Waals surface area contributed by atoms with Gasteiger partial charge in [-0.1, -0.05) is 61.5 Å². The lowest BCUT2D eigenvalue weighted by atomic mass is 10.1. The number of amides is 1. The fourth-order valence-electron chi connectivity index (χ4n) is 4.01. The van der Waals surface area contributed by atoms with Crippen molar-refractivity contribution in [2.24, 2.45) is 0 Å². The molecule has 1 atom stereocenters. The summed E-state index contributed by atoms with van der Waals surface area (Å²) in [6.07, 6.45) is 2.19. The van der Waals surface area contributed by atoms with E-state index >= 15 is 0 Å². The van der Waals surface area contributed by atoms with Crippen molar-refractivity contribution in [3.05, 3.63) is 72.3 Å². The van der Waals surface area contributed by atoms with Gasteiger partial charge in [0.1, 0.15) is 5.75 Å². The molecule has 0 radical (unpaired) electrons. The number of anilines is 1. The van der Waals surface area contributed by atoms with E-state index in [1.54, 1.807) is 0 Å². The Morgan fingerprint density at radius 1 is 1.07 bits per heavy atom. The molecule has 1 N–H and O–H groups in total. The smallest absolute Gasteiger partial charge is 0.261 e. The highest BCUT2D eigenvalue weighted by molar-refractivity contribution is 5.89. The molecule has 3 aromatic rings. The number of benzene rings is 3. The van der Waals surface area contributed by atoms with E-state index in [1.807, 2.05) is 37.3 Å². The molecule has 0 saturated carbocycles. The minimum Gasteiger partial charge on any atom is -0.480 e. The van der Waals surface area contributed by atoms with Crippen molar-refractivity contribution < 1.29 is 9.53 Å². The molecular weight excluding hydrogens is 360 g/mol. The van der Waals surface area contributed by atoms with E-state index in [0.717, 1.165) is 42.5 Å². The summed E-state index contributed by atoms with van der Waals surface area (Å²) < 4.78 is 6.09. The first-order valence-corrected chi connectivity index (χ1v) is 10.5. The number of ether oxygens (including phenoxy) is 1. The number of hydrogen-bond acceptors (Lipinski definition) is 3. The first kappa shape index (κ1) is 19.3. The van der Waals surface area contributed by atoms with Gasteiger partial charge < -0.3 is 15.0 Å². The molecule has 4 nitrogen and oxygen atoms in total. The maximum absolute atomic E-state index is 12.7. The lowest BCUT2D eigenvalue weighted by Crippen LogP contribution is -2.39. The Hall–Kier alpha value is -3.01. The molecule has 0 fully saturated rings. The molecule has 0 aromatic heterocycles. The number of fused-ring (bicyclic) bond motifs is 2. The summed E-state index contributed by atoms with van der Waals surface area (Å²) in [5.41, 5.74) is 2.76. The van der Waals surface area contributed by atoms with E-state index in [-0.39, 0.29) is 5.91 Å². The zero-order valence-corrected chi connectivity index (χ0v) is 16.9. The van der Waals surface area contributed by atoms with Gasteiger partial charge in [0, 0.05) is 30.7 Å². The van der Waals surface area contributed by atoms with Crippen molar-refractivity contribution in [2.75, 3.05) is 24.5 Å². The third-order valence-corrected chi connectivity index (χ3v) is 5.57. The quantitative estimate of drug-likeness (QED) is 0.575. The predicted molar refractivity (Wildman–Crippen MR) is 119 cm³/mol. The van der Waals surface area contributed by atoms with Gasteiger partial charge in [-0.05, 0) is 42.3 Å². The topological polar surface area (TPSA) is 41.6 Å². The summed E-state index contributed by atoms with van der Waals surface area (Å²) in [6.45, 7) is 4.66. The van der Waals surface area contributed by atoms with E-state index in [1.165, 1.54) is 11.3 Å². The fraction of sp³-hybridized carbons (Fsp3) is 0.320. The van der Waals surface area contributed by atoms with Gasteiger partial charge in [0.2, 0.25) is 0 Å². The largest absolute Gasteiger partial charge is 0.480 e. The van der Waals surface area contributed by atoms with Crippen molar-refractivity contribution in [1.82, 2.24) is 5.32 Å². The minimum absolute atomic E-state index is 0.0396. The Kier molecular flexibility index (Phi) is 5.99. The molecule has 1 heterocycles. The standard InChI is InChI=1S/C25H28N2O2/c1-2-23(29-24-14-7-11-19-9-3-5-12-21(19)24)25(28)26-16-8-17-27-18-15-20-10-4-6-13-22(20)27/h3-7,9-14,23H,2,8,15-18H2,1H3,(H,26,28)/t23-/m1/s1. The van der Waals surface area contributed by atoms with E-state index in [0.29, 0.717) is 13.0 Å². The van der Waals surface area contributed by atoms with Crippen LogP contribution in [-0.4, -0.2) is 31.6 Å². The molecule has 1 aliphatic heterocycles. The van der Waals surface area contributed by atoms with Gasteiger partial charge in [-0.2, -0.15) is 0 Å². The van der Waals surface area contributed by atoms with Gasteiger partial charge in [-0.25, -0.2) is 0 Å². The van der Waals surface area contributed by atoms with Crippen molar-refractivity contribution in [3.63, 3.8) is 0 Å². The molecule has 0 saturated heterocycles. The molecule has 0 spiro atoms. The van der Waals surface area contributed by atoms with E-state index < -0.39 is 6.10 Å². The second kappa shape index (κ2) is 8.99. The third-order valence-electron chi connectivity index (χ3n) is 5.57. The molecule has 0 bridgehead atoms. The number of carbonyl (C=O) groups is 1. The lowest BCUT2D eigenvalue weighted by Gasteiger charge is -2.21. The van der Waals surface area contributed by atoms with Crippen molar-refractivity contribution >= 4 is 22.4 Å². The number of nitrogens with one attached hydrogen (secondary N) is 1. The number of para-hydroxylation sites is 1. The number of carbonyl (C=O) groups excluding carboxylic acids is 1. The van der Waals surface area contributed by atoms with Gasteiger partial charge in [0.25, 0.3) is 5.91 Å². The first-order chi connectivity index (χ1) is 14.3. The van der Waals surface area contributed by atoms with Crippen molar-refractivity contribution in [3.8, 4) is 5.75 Å². The maximum Gasteiger partial charge on any atom is 0.261 e. The SMILES string of the molecule is CC[C@@H](Oc1cccc2ccccc12)C(=O)NCCCN1CCc2ccccc21. The molecule has 0 unspecified atom stereocenters. The molecule has 3 aromatic carbocycles. The summed E-state index contributed by atoms with van der Waals surface area (Å²) in [5, 5.41) is 5.21. The highest BCUT2D eigenvalue weighted by Crippen LogP contribution is 2.28. The lowest BCUT2D eigenvalue weighted by molar-refractivity contribution is -0.128. The summed E-state index contributed by atoms with van der Waals surface area (Å²) in [4.78, 5) is 15.1. The second-order valence-corrected chi connectivity index (χ2v) is 7.50. The van der Waals surface area contributed by atoms with Crippen LogP contribution in [0.2, 0.25) is 0 Å². The van der Waals surface area contributed by atoms with Crippen molar-refractivity contribution in [2.45, 2.75) is 32.3 Å². The second-order valence-electron chi connectivity index (χ2n) is 7.50. The van der Waals surface area contributed by atoms with Gasteiger partial charge >= 0.3 is 0 Å². The van der Waals surface area contributed by atoms with Crippen LogP contribution in [0.1, 0.15) is 25.3 Å². The van der Waals surface area contributed by atoms with Crippen LogP contribution in [0.3, 0.4) is 0 Å². The number of hydrogen-bond donors (Lipinski definition) is 1. The fourth-order valence-corrected chi connectivity index (χ4v) is 4.01. The van der Waals surface area contributed by atoms with Gasteiger partial charge in [0.15, 0.2) is 6.10 Å². The Morgan fingerprint density at radius 2 is 1.86 bits per heavy atom. The van der Waals surface area contributed by atoms with Gasteiger partial charge in [-0.3, -0.25) is 4.79 Å². The van der Waals surface area contributed by atoms with E-state index in [2.05, 4.69) is 46.6 Å². The van der Waals surface area contributed by atoms with E-state index in [4.69, 9.17) is 4.74 Å². The summed E-state index contributed by atoms with van der Waals surface area (Å²) in [6, 6.07) is 22.6. The minimum atomic E-state index is -0.478. The van der Waals surface area contributed by atoms with E-state index in [9.17, 15) is 4.79 Å². The van der Waals surface area contributed by atoms with Crippen LogP contribution in [0, 0.1) is 0 Å². The molecule has 1 aliphatic rings. The van der Waals surface area contributed by atoms with Crippen LogP contribution < -0.4 is 15.0 Å². The number of nitrogens with zero attached hydrogens (tertiary/aromatic N) is 1. The van der Waals surface area contributed by atoms with Crippen LogP contribution >= 0.6 is 0 Å². The molecule has 4 heteroatoms. The van der Waals surface area contributed by atoms with Crippen LogP contribution in [0.15, 0.2) is 66.7 Å². The first-order valence-electron chi connectivity index (χ1n) is 10.5. The highest BCUT2D eigenvalue weighted by atomic mass is 16.5. The monoisotopic (exact) mass is 388 g/mol. The van der Waals surface area contributed by atoms with Crippen LogP contribution in [0.25, 0.3) is 10.8 Å². The number of rotatable bonds is 8. The third kappa shape index (κ3) is 4.37. The van der Waals surface area contributed by atoms with Gasteiger partial charge in [0.05, 0.1) is 0 Å². The predicted octanol–water partition coefficient (Wildman–Crippen LogP) is 4.57. The Labute approximate surface area is 172 Å². The average Bonchev–Trinajstić information content (AvgIpc) is 3.18. The van der Waals surface area contributed by atoms with Crippen LogP contribution in [0.5, 0.6) is 5.75 Å². The molecular formula is C25H28N2O2. The summed E-state index contributed by atoms with van der Waals surface area (Å²) in [5.74, 6) is 0.723. The summed E-state index contributed by atoms with van der Waals surface area (Å²) in [7, 11) is 0. The zero-order chi connectivity index (χ0) is 20.1. The molecule has 1 amide bonds. The van der Waals surface area contributed by atoms with Crippen molar-refractivity contribution in [1.29, 1.82) is 0 Å². The maximum atomic E-state index is 12.7. The highest BCUT2D eigenvalue weighted by Gasteiger charge is 2.20. The summed E-state index contributed by atoms with van der Waals surface area (Å²) >= 11 is 0. The Morgan fingerprint density at radius 3 is 2.76 bits per heavy atom. The normalized spacial score (nSPS) is 13.9. The molecule has 29 heavy (non-hydrogen) atoms. The van der Waals surface area contributed by atoms with Gasteiger partial charge in [-0.15, -0.1) is 0 Å². The van der Waals surface area contributed by atoms with Crippen LogP contribution in [0.4, 0.5) is 5.69 Å². The van der Waals surface area contributed by atoms with Crippen LogP contribution in [-0.2, 0) is 11.2 Å². The molecule has 4 rings (SSSR count). The Bertz CT molecular complexity index is 980. The molecule has 150 valence electrons. The molecule has 0 aliphatic carbocycles.